The van der Waals surface area contributed by atoms with Crippen LogP contribution in [0, 0.1) is 0 Å². The zero-order valence-electron chi connectivity index (χ0n) is 18.2. The van der Waals surface area contributed by atoms with Gasteiger partial charge in [0.25, 0.3) is 5.91 Å². The van der Waals surface area contributed by atoms with E-state index in [9.17, 15) is 4.79 Å². The predicted molar refractivity (Wildman–Crippen MR) is 127 cm³/mol. The number of aliphatic hydroxyl groups is 1. The molecule has 1 saturated heterocycles. The average molecular weight is 418 g/mol. The van der Waals surface area contributed by atoms with E-state index in [0.29, 0.717) is 11.6 Å². The van der Waals surface area contributed by atoms with Gasteiger partial charge < -0.3 is 20.6 Å². The Morgan fingerprint density at radius 2 is 1.81 bits per heavy atom. The van der Waals surface area contributed by atoms with Crippen molar-refractivity contribution in [3.63, 3.8) is 0 Å². The standard InChI is InChI=1S/C26H31N3O2/c1-18(17-30)27-26(31)21-10-12-23(13-11-21)29-15-14-22(16-29)28-19(2)24-9-5-7-20-6-3-4-8-25(20)24/h3-13,18-19,22,28,30H,14-17H2,1-2H3,(H,27,31)/t18-,19+,22-/m0/s1. The topological polar surface area (TPSA) is 64.6 Å². The summed E-state index contributed by atoms with van der Waals surface area (Å²) >= 11 is 0. The average Bonchev–Trinajstić information content (AvgIpc) is 3.27. The van der Waals surface area contributed by atoms with E-state index in [4.69, 9.17) is 5.11 Å². The Bertz CT molecular complexity index is 1030. The summed E-state index contributed by atoms with van der Waals surface area (Å²) in [5.41, 5.74) is 3.08. The summed E-state index contributed by atoms with van der Waals surface area (Å²) in [6.45, 7) is 5.90. The van der Waals surface area contributed by atoms with Gasteiger partial charge in [-0.3, -0.25) is 4.79 Å². The van der Waals surface area contributed by atoms with Crippen molar-refractivity contribution in [2.75, 3.05) is 24.6 Å². The second kappa shape index (κ2) is 9.50. The van der Waals surface area contributed by atoms with Crippen molar-refractivity contribution in [2.45, 2.75) is 38.4 Å². The molecule has 1 fully saturated rings. The number of hydrogen-bond acceptors (Lipinski definition) is 4. The van der Waals surface area contributed by atoms with E-state index in [-0.39, 0.29) is 24.6 Å². The van der Waals surface area contributed by atoms with E-state index in [0.717, 1.165) is 25.2 Å². The minimum atomic E-state index is -0.249. The lowest BCUT2D eigenvalue weighted by molar-refractivity contribution is 0.0922. The summed E-state index contributed by atoms with van der Waals surface area (Å²) < 4.78 is 0. The van der Waals surface area contributed by atoms with Crippen molar-refractivity contribution in [2.24, 2.45) is 0 Å². The molecule has 4 rings (SSSR count). The van der Waals surface area contributed by atoms with Crippen LogP contribution in [0.5, 0.6) is 0 Å². The van der Waals surface area contributed by atoms with Crippen LogP contribution in [-0.2, 0) is 0 Å². The van der Waals surface area contributed by atoms with Crippen molar-refractivity contribution in [1.82, 2.24) is 10.6 Å². The SMILES string of the molecule is C[C@@H](CO)NC(=O)c1ccc(N2CC[C@H](N[C@H](C)c3cccc4ccccc34)C2)cc1. The highest BCUT2D eigenvalue weighted by Crippen LogP contribution is 2.27. The molecule has 0 bridgehead atoms. The second-order valence-electron chi connectivity index (χ2n) is 8.49. The molecule has 0 saturated carbocycles. The van der Waals surface area contributed by atoms with E-state index in [2.05, 4.69) is 64.9 Å². The molecule has 5 heteroatoms. The van der Waals surface area contributed by atoms with Crippen LogP contribution in [0.3, 0.4) is 0 Å². The monoisotopic (exact) mass is 417 g/mol. The molecule has 3 aromatic carbocycles. The first-order valence-electron chi connectivity index (χ1n) is 11.1. The van der Waals surface area contributed by atoms with Gasteiger partial charge in [-0.1, -0.05) is 42.5 Å². The molecule has 31 heavy (non-hydrogen) atoms. The van der Waals surface area contributed by atoms with Gasteiger partial charge in [-0.25, -0.2) is 0 Å². The second-order valence-corrected chi connectivity index (χ2v) is 8.49. The first-order valence-corrected chi connectivity index (χ1v) is 11.1. The molecular weight excluding hydrogens is 386 g/mol. The Kier molecular flexibility index (Phi) is 6.54. The van der Waals surface area contributed by atoms with Crippen molar-refractivity contribution in [3.8, 4) is 0 Å². The third-order valence-corrected chi connectivity index (χ3v) is 6.11. The van der Waals surface area contributed by atoms with Crippen LogP contribution in [0.4, 0.5) is 5.69 Å². The summed E-state index contributed by atoms with van der Waals surface area (Å²) in [7, 11) is 0. The van der Waals surface area contributed by atoms with E-state index in [1.807, 2.05) is 24.3 Å². The lowest BCUT2D eigenvalue weighted by Gasteiger charge is -2.23. The minimum Gasteiger partial charge on any atom is -0.394 e. The number of benzene rings is 3. The number of aliphatic hydroxyl groups excluding tert-OH is 1. The molecule has 3 N–H and O–H groups in total. The maximum Gasteiger partial charge on any atom is 0.251 e. The van der Waals surface area contributed by atoms with Crippen molar-refractivity contribution in [3.05, 3.63) is 77.9 Å². The van der Waals surface area contributed by atoms with Gasteiger partial charge >= 0.3 is 0 Å². The lowest BCUT2D eigenvalue weighted by atomic mass is 9.99. The number of anilines is 1. The largest absolute Gasteiger partial charge is 0.394 e. The first kappa shape index (κ1) is 21.3. The Balaban J connectivity index is 1.37. The maximum atomic E-state index is 12.2. The molecule has 0 radical (unpaired) electrons. The van der Waals surface area contributed by atoms with Gasteiger partial charge in [0.05, 0.1) is 6.61 Å². The molecule has 3 atom stereocenters. The van der Waals surface area contributed by atoms with Gasteiger partial charge in [0.15, 0.2) is 0 Å². The molecule has 0 aliphatic carbocycles. The molecule has 3 aromatic rings. The molecule has 1 amide bonds. The number of fused-ring (bicyclic) bond motifs is 1. The fourth-order valence-corrected chi connectivity index (χ4v) is 4.38. The van der Waals surface area contributed by atoms with E-state index in [1.165, 1.54) is 16.3 Å². The molecule has 1 aliphatic heterocycles. The van der Waals surface area contributed by atoms with Crippen LogP contribution < -0.4 is 15.5 Å². The fraction of sp³-hybridized carbons (Fsp3) is 0.346. The molecule has 1 heterocycles. The van der Waals surface area contributed by atoms with Crippen LogP contribution in [-0.4, -0.2) is 42.8 Å². The van der Waals surface area contributed by atoms with E-state index < -0.39 is 0 Å². The Labute approximate surface area is 184 Å². The Hall–Kier alpha value is -2.89. The van der Waals surface area contributed by atoms with E-state index in [1.54, 1.807) is 6.92 Å². The van der Waals surface area contributed by atoms with Crippen molar-refractivity contribution < 1.29 is 9.90 Å². The number of rotatable bonds is 7. The van der Waals surface area contributed by atoms with Crippen LogP contribution in [0.15, 0.2) is 66.7 Å². The van der Waals surface area contributed by atoms with Crippen LogP contribution in [0.1, 0.15) is 42.2 Å². The number of carbonyl (C=O) groups is 1. The summed E-state index contributed by atoms with van der Waals surface area (Å²) in [6.07, 6.45) is 1.09. The highest BCUT2D eigenvalue weighted by Gasteiger charge is 2.24. The van der Waals surface area contributed by atoms with Crippen LogP contribution in [0.25, 0.3) is 10.8 Å². The highest BCUT2D eigenvalue weighted by molar-refractivity contribution is 5.94. The third kappa shape index (κ3) is 4.89. The van der Waals surface area contributed by atoms with Gasteiger partial charge in [0.2, 0.25) is 0 Å². The highest BCUT2D eigenvalue weighted by atomic mass is 16.3. The van der Waals surface area contributed by atoms with Gasteiger partial charge in [0, 0.05) is 42.5 Å². The Morgan fingerprint density at radius 3 is 2.58 bits per heavy atom. The van der Waals surface area contributed by atoms with Crippen molar-refractivity contribution in [1.29, 1.82) is 0 Å². The normalized spacial score (nSPS) is 18.2. The minimum absolute atomic E-state index is 0.0663. The van der Waals surface area contributed by atoms with Crippen LogP contribution >= 0.6 is 0 Å². The molecule has 0 spiro atoms. The summed E-state index contributed by atoms with van der Waals surface area (Å²) in [6, 6.07) is 23.2. The van der Waals surface area contributed by atoms with Gasteiger partial charge in [-0.05, 0) is 60.9 Å². The molecule has 1 aliphatic rings. The maximum absolute atomic E-state index is 12.2. The molecule has 0 aromatic heterocycles. The summed E-state index contributed by atoms with van der Waals surface area (Å²) in [4.78, 5) is 14.6. The molecule has 5 nitrogen and oxygen atoms in total. The molecule has 0 unspecified atom stereocenters. The smallest absolute Gasteiger partial charge is 0.251 e. The molecule has 162 valence electrons. The Morgan fingerprint density at radius 1 is 1.06 bits per heavy atom. The molecular formula is C26H31N3O2. The zero-order chi connectivity index (χ0) is 21.8. The summed E-state index contributed by atoms with van der Waals surface area (Å²) in [5, 5.41) is 18.3. The predicted octanol–water partition coefficient (Wildman–Crippen LogP) is 3.88. The fourth-order valence-electron chi connectivity index (χ4n) is 4.38. The number of amides is 1. The zero-order valence-corrected chi connectivity index (χ0v) is 18.2. The quantitative estimate of drug-likeness (QED) is 0.546. The number of hydrogen-bond donors (Lipinski definition) is 3. The first-order chi connectivity index (χ1) is 15.0. The number of nitrogens with zero attached hydrogens (tertiary/aromatic N) is 1. The van der Waals surface area contributed by atoms with Gasteiger partial charge in [-0.2, -0.15) is 0 Å². The summed E-state index contributed by atoms with van der Waals surface area (Å²) in [5.74, 6) is -0.155. The lowest BCUT2D eigenvalue weighted by Crippen LogP contribution is -2.35. The van der Waals surface area contributed by atoms with Gasteiger partial charge in [-0.15, -0.1) is 0 Å². The number of nitrogens with one attached hydrogen (secondary N) is 2. The third-order valence-electron chi connectivity index (χ3n) is 6.11. The van der Waals surface area contributed by atoms with Gasteiger partial charge in [0.1, 0.15) is 0 Å². The van der Waals surface area contributed by atoms with E-state index >= 15 is 0 Å². The van der Waals surface area contributed by atoms with Crippen LogP contribution in [0.2, 0.25) is 0 Å². The van der Waals surface area contributed by atoms with Crippen molar-refractivity contribution >= 4 is 22.4 Å². The number of carbonyl (C=O) groups excluding carboxylic acids is 1.